The molecule has 1 aliphatic carbocycles. The van der Waals surface area contributed by atoms with Crippen LogP contribution in [0, 0.1) is 11.8 Å². The summed E-state index contributed by atoms with van der Waals surface area (Å²) in [6, 6.07) is 9.77. The van der Waals surface area contributed by atoms with Gasteiger partial charge in [-0.3, -0.25) is 4.90 Å². The van der Waals surface area contributed by atoms with Crippen molar-refractivity contribution >= 4 is 0 Å². The minimum atomic E-state index is 0.722. The summed E-state index contributed by atoms with van der Waals surface area (Å²) in [7, 11) is 0. The van der Waals surface area contributed by atoms with Gasteiger partial charge in [-0.05, 0) is 74.0 Å². The molecule has 0 N–H and O–H groups in total. The van der Waals surface area contributed by atoms with Gasteiger partial charge < -0.3 is 14.4 Å². The van der Waals surface area contributed by atoms with Gasteiger partial charge in [0.2, 0.25) is 0 Å². The summed E-state index contributed by atoms with van der Waals surface area (Å²) in [5, 5.41) is 0. The van der Waals surface area contributed by atoms with Gasteiger partial charge in [0.15, 0.2) is 0 Å². The summed E-state index contributed by atoms with van der Waals surface area (Å²) in [5.74, 6) is 3.43. The van der Waals surface area contributed by atoms with Crippen molar-refractivity contribution in [3.8, 4) is 5.75 Å². The van der Waals surface area contributed by atoms with Crippen LogP contribution in [0.5, 0.6) is 5.75 Å². The molecule has 4 nitrogen and oxygen atoms in total. The number of benzene rings is 1. The second-order valence-corrected chi connectivity index (χ2v) is 10.1. The third-order valence-electron chi connectivity index (χ3n) is 7.44. The first-order valence-corrected chi connectivity index (χ1v) is 12.4. The average Bonchev–Trinajstić information content (AvgIpc) is 2.77. The van der Waals surface area contributed by atoms with E-state index in [4.69, 9.17) is 9.47 Å². The van der Waals surface area contributed by atoms with E-state index in [0.29, 0.717) is 0 Å². The quantitative estimate of drug-likeness (QED) is 0.599. The molecule has 168 valence electrons. The molecule has 4 heteroatoms. The van der Waals surface area contributed by atoms with E-state index >= 15 is 0 Å². The number of hydrogen-bond acceptors (Lipinski definition) is 4. The Kier molecular flexibility index (Phi) is 8.08. The van der Waals surface area contributed by atoms with E-state index in [0.717, 1.165) is 68.9 Å². The molecule has 0 radical (unpaired) electrons. The second-order valence-electron chi connectivity index (χ2n) is 10.1. The first kappa shape index (κ1) is 22.1. The van der Waals surface area contributed by atoms with Crippen molar-refractivity contribution in [3.05, 3.63) is 29.8 Å². The van der Waals surface area contributed by atoms with Crippen LogP contribution in [0.3, 0.4) is 0 Å². The first-order chi connectivity index (χ1) is 14.7. The fourth-order valence-corrected chi connectivity index (χ4v) is 6.01. The molecule has 0 amide bonds. The maximum Gasteiger partial charge on any atom is 0.119 e. The normalized spacial score (nSPS) is 31.5. The van der Waals surface area contributed by atoms with Crippen LogP contribution in [0.4, 0.5) is 0 Å². The van der Waals surface area contributed by atoms with Gasteiger partial charge in [-0.25, -0.2) is 0 Å². The largest absolute Gasteiger partial charge is 0.494 e. The number of nitrogens with zero attached hydrogens (tertiary/aromatic N) is 2. The van der Waals surface area contributed by atoms with Crippen LogP contribution in [0.1, 0.15) is 63.9 Å². The number of rotatable bonds is 7. The molecule has 0 aromatic heterocycles. The van der Waals surface area contributed by atoms with E-state index in [1.165, 1.54) is 57.3 Å². The highest BCUT2D eigenvalue weighted by Gasteiger charge is 2.27. The Hall–Kier alpha value is -1.10. The Morgan fingerprint density at radius 3 is 2.27 bits per heavy atom. The summed E-state index contributed by atoms with van der Waals surface area (Å²) < 4.78 is 11.6. The van der Waals surface area contributed by atoms with Gasteiger partial charge in [0, 0.05) is 38.8 Å². The maximum atomic E-state index is 6.04. The molecule has 30 heavy (non-hydrogen) atoms. The van der Waals surface area contributed by atoms with Crippen molar-refractivity contribution in [2.75, 3.05) is 52.5 Å². The van der Waals surface area contributed by atoms with Crippen molar-refractivity contribution in [2.24, 2.45) is 11.8 Å². The molecule has 4 rings (SSSR count). The highest BCUT2D eigenvalue weighted by Crippen LogP contribution is 2.35. The molecule has 0 bridgehead atoms. The predicted molar refractivity (Wildman–Crippen MR) is 123 cm³/mol. The van der Waals surface area contributed by atoms with E-state index in [2.05, 4.69) is 47.9 Å². The molecule has 0 spiro atoms. The molecule has 2 saturated heterocycles. The van der Waals surface area contributed by atoms with Gasteiger partial charge in [0.1, 0.15) is 5.75 Å². The maximum absolute atomic E-state index is 6.04. The summed E-state index contributed by atoms with van der Waals surface area (Å²) in [4.78, 5) is 5.28. The number of hydrogen-bond donors (Lipinski definition) is 0. The Labute approximate surface area is 183 Å². The van der Waals surface area contributed by atoms with Gasteiger partial charge in [-0.15, -0.1) is 0 Å². The SMILES string of the molecule is C[C@H]1C[C@H](C)CN(CCCOc2ccc([C@H]3CC[C@H](N4CCOCC4)CC3)cc2)C1. The van der Waals surface area contributed by atoms with E-state index < -0.39 is 0 Å². The van der Waals surface area contributed by atoms with Crippen molar-refractivity contribution in [3.63, 3.8) is 0 Å². The van der Waals surface area contributed by atoms with E-state index in [-0.39, 0.29) is 0 Å². The van der Waals surface area contributed by atoms with Crippen LogP contribution < -0.4 is 4.74 Å². The van der Waals surface area contributed by atoms with Crippen LogP contribution in [-0.4, -0.2) is 68.4 Å². The van der Waals surface area contributed by atoms with Crippen LogP contribution in [0.2, 0.25) is 0 Å². The molecule has 1 aromatic rings. The van der Waals surface area contributed by atoms with Crippen molar-refractivity contribution in [1.82, 2.24) is 9.80 Å². The fraction of sp³-hybridized carbons (Fsp3) is 0.769. The second kappa shape index (κ2) is 11.0. The van der Waals surface area contributed by atoms with Crippen LogP contribution in [-0.2, 0) is 4.74 Å². The van der Waals surface area contributed by atoms with E-state index in [1.54, 1.807) is 0 Å². The lowest BCUT2D eigenvalue weighted by Crippen LogP contribution is -2.44. The lowest BCUT2D eigenvalue weighted by molar-refractivity contribution is 0.00729. The predicted octanol–water partition coefficient (Wildman–Crippen LogP) is 4.79. The Balaban J connectivity index is 1.15. The molecule has 3 fully saturated rings. The van der Waals surface area contributed by atoms with Crippen LogP contribution >= 0.6 is 0 Å². The first-order valence-electron chi connectivity index (χ1n) is 12.4. The summed E-state index contributed by atoms with van der Waals surface area (Å²) >= 11 is 0. The van der Waals surface area contributed by atoms with Crippen molar-refractivity contribution in [1.29, 1.82) is 0 Å². The molecule has 1 aromatic carbocycles. The van der Waals surface area contributed by atoms with Gasteiger partial charge >= 0.3 is 0 Å². The minimum absolute atomic E-state index is 0.722. The number of ether oxygens (including phenoxy) is 2. The molecule has 2 atom stereocenters. The molecule has 1 saturated carbocycles. The zero-order valence-electron chi connectivity index (χ0n) is 19.2. The molecule has 2 heterocycles. The number of piperidine rings is 1. The van der Waals surface area contributed by atoms with Gasteiger partial charge in [-0.1, -0.05) is 26.0 Å². The molecule has 0 unspecified atom stereocenters. The monoisotopic (exact) mass is 414 g/mol. The smallest absolute Gasteiger partial charge is 0.119 e. The summed E-state index contributed by atoms with van der Waals surface area (Å²) in [6.45, 7) is 13.3. The lowest BCUT2D eigenvalue weighted by atomic mass is 9.81. The average molecular weight is 415 g/mol. The fourth-order valence-electron chi connectivity index (χ4n) is 6.01. The third kappa shape index (κ3) is 6.21. The zero-order chi connectivity index (χ0) is 20.8. The zero-order valence-corrected chi connectivity index (χ0v) is 19.2. The Morgan fingerprint density at radius 1 is 0.933 bits per heavy atom. The van der Waals surface area contributed by atoms with Crippen molar-refractivity contribution in [2.45, 2.75) is 64.3 Å². The van der Waals surface area contributed by atoms with Gasteiger partial charge in [-0.2, -0.15) is 0 Å². The summed E-state index contributed by atoms with van der Waals surface area (Å²) in [5.41, 5.74) is 1.50. The third-order valence-corrected chi connectivity index (χ3v) is 7.44. The summed E-state index contributed by atoms with van der Waals surface area (Å²) in [6.07, 6.45) is 7.79. The lowest BCUT2D eigenvalue weighted by Gasteiger charge is -2.38. The van der Waals surface area contributed by atoms with Gasteiger partial charge in [0.05, 0.1) is 19.8 Å². The van der Waals surface area contributed by atoms with Crippen LogP contribution in [0.15, 0.2) is 24.3 Å². The topological polar surface area (TPSA) is 24.9 Å². The van der Waals surface area contributed by atoms with Gasteiger partial charge in [0.25, 0.3) is 0 Å². The Bertz CT molecular complexity index is 610. The Morgan fingerprint density at radius 2 is 1.60 bits per heavy atom. The minimum Gasteiger partial charge on any atom is -0.494 e. The molecule has 2 aliphatic heterocycles. The highest BCUT2D eigenvalue weighted by molar-refractivity contribution is 5.29. The molecular weight excluding hydrogens is 372 g/mol. The molecule has 3 aliphatic rings. The number of morpholine rings is 1. The molecular formula is C26H42N2O2. The van der Waals surface area contributed by atoms with Crippen LogP contribution in [0.25, 0.3) is 0 Å². The number of likely N-dealkylation sites (tertiary alicyclic amines) is 1. The van der Waals surface area contributed by atoms with Crippen molar-refractivity contribution < 1.29 is 9.47 Å². The van der Waals surface area contributed by atoms with E-state index in [9.17, 15) is 0 Å². The standard InChI is InChI=1S/C26H42N2O2/c1-21-18-22(2)20-27(19-21)12-3-15-30-26-10-6-24(7-11-26)23-4-8-25(9-5-23)28-13-16-29-17-14-28/h6-7,10-11,21-23,25H,3-5,8-9,12-20H2,1-2H3/t21-,22-,23-,25-/m0/s1. The van der Waals surface area contributed by atoms with E-state index in [1.807, 2.05) is 0 Å². The highest BCUT2D eigenvalue weighted by atomic mass is 16.5.